The molecule has 3 heteroatoms. The summed E-state index contributed by atoms with van der Waals surface area (Å²) < 4.78 is 5.61. The minimum Gasteiger partial charge on any atom is -0.418 e. The molecule has 0 aromatic rings. The van der Waals surface area contributed by atoms with Crippen molar-refractivity contribution in [1.29, 1.82) is 0 Å². The highest BCUT2D eigenvalue weighted by molar-refractivity contribution is 6.69. The summed E-state index contributed by atoms with van der Waals surface area (Å²) in [4.78, 5) is 0. The monoisotopic (exact) mass is 175 g/mol. The van der Waals surface area contributed by atoms with Crippen LogP contribution in [-0.4, -0.2) is 21.5 Å². The van der Waals surface area contributed by atoms with Crippen LogP contribution in [0.4, 0.5) is 0 Å². The Morgan fingerprint density at radius 3 is 2.18 bits per heavy atom. The van der Waals surface area contributed by atoms with E-state index in [1.165, 1.54) is 0 Å². The quantitative estimate of drug-likeness (QED) is 0.450. The highest BCUT2D eigenvalue weighted by atomic mass is 28.4. The highest BCUT2D eigenvalue weighted by Crippen LogP contribution is 2.04. The van der Waals surface area contributed by atoms with Gasteiger partial charge >= 0.3 is 0 Å². The fourth-order valence-corrected chi connectivity index (χ4v) is 1.52. The lowest BCUT2D eigenvalue weighted by molar-refractivity contribution is 0.183. The molecule has 0 rings (SSSR count). The molecule has 67 valence electrons. The summed E-state index contributed by atoms with van der Waals surface area (Å²) in [7, 11) is -1.30. The van der Waals surface area contributed by atoms with E-state index < -0.39 is 8.32 Å². The van der Waals surface area contributed by atoms with Gasteiger partial charge in [0.05, 0.1) is 6.61 Å². The van der Waals surface area contributed by atoms with Crippen LogP contribution >= 0.6 is 0 Å². The Hall–Kier alpha value is 0.137. The average Bonchev–Trinajstić information content (AvgIpc) is 1.85. The summed E-state index contributed by atoms with van der Waals surface area (Å²) in [6.07, 6.45) is 2.87. The summed E-state index contributed by atoms with van der Waals surface area (Å²) in [5.74, 6) is 0. The Balaban J connectivity index is 3.02. The van der Waals surface area contributed by atoms with E-state index in [1.54, 1.807) is 0 Å². The average molecular weight is 175 g/mol. The maximum atomic E-state index is 10.1. The molecular formula is C8H19O2Si. The second kappa shape index (κ2) is 5.74. The SMILES string of the molecule is C[Si](C)(C)OCCCCC[O]. The molecule has 0 aliphatic heterocycles. The van der Waals surface area contributed by atoms with Crippen LogP contribution in [0.5, 0.6) is 0 Å². The molecule has 11 heavy (non-hydrogen) atoms. The van der Waals surface area contributed by atoms with Gasteiger partial charge in [-0.3, -0.25) is 0 Å². The van der Waals surface area contributed by atoms with Gasteiger partial charge in [-0.05, 0) is 38.9 Å². The third-order valence-electron chi connectivity index (χ3n) is 1.32. The minimum atomic E-state index is -1.30. The second-order valence-electron chi connectivity index (χ2n) is 3.73. The smallest absolute Gasteiger partial charge is 0.183 e. The van der Waals surface area contributed by atoms with E-state index in [9.17, 15) is 5.11 Å². The molecule has 0 heterocycles. The topological polar surface area (TPSA) is 29.1 Å². The normalized spacial score (nSPS) is 12.0. The Morgan fingerprint density at radius 2 is 1.73 bits per heavy atom. The molecule has 0 bridgehead atoms. The van der Waals surface area contributed by atoms with Gasteiger partial charge in [0.15, 0.2) is 8.32 Å². The van der Waals surface area contributed by atoms with Gasteiger partial charge in [0.1, 0.15) is 0 Å². The first-order valence-corrected chi connectivity index (χ1v) is 7.69. The first-order chi connectivity index (χ1) is 5.06. The van der Waals surface area contributed by atoms with Crippen LogP contribution in [0, 0.1) is 0 Å². The third-order valence-corrected chi connectivity index (χ3v) is 2.39. The van der Waals surface area contributed by atoms with E-state index in [0.717, 1.165) is 25.9 Å². The molecule has 0 saturated carbocycles. The largest absolute Gasteiger partial charge is 0.418 e. The van der Waals surface area contributed by atoms with Crippen molar-refractivity contribution < 1.29 is 9.53 Å². The molecule has 0 aromatic heterocycles. The lowest BCUT2D eigenvalue weighted by Gasteiger charge is -2.16. The van der Waals surface area contributed by atoms with Crippen molar-refractivity contribution in [1.82, 2.24) is 0 Å². The number of rotatable bonds is 6. The van der Waals surface area contributed by atoms with Crippen molar-refractivity contribution in [2.24, 2.45) is 0 Å². The van der Waals surface area contributed by atoms with Gasteiger partial charge in [0.2, 0.25) is 0 Å². The maximum Gasteiger partial charge on any atom is 0.183 e. The molecule has 0 spiro atoms. The molecule has 2 nitrogen and oxygen atoms in total. The Labute approximate surface area is 70.7 Å². The van der Waals surface area contributed by atoms with Crippen LogP contribution < -0.4 is 0 Å². The van der Waals surface area contributed by atoms with Crippen molar-refractivity contribution in [3.63, 3.8) is 0 Å². The maximum absolute atomic E-state index is 10.1. The Bertz CT molecular complexity index is 88.6. The second-order valence-corrected chi connectivity index (χ2v) is 8.24. The van der Waals surface area contributed by atoms with Crippen LogP contribution in [0.3, 0.4) is 0 Å². The molecule has 1 radical (unpaired) electrons. The Morgan fingerprint density at radius 1 is 1.09 bits per heavy atom. The van der Waals surface area contributed by atoms with Gasteiger partial charge in [-0.15, -0.1) is 0 Å². The van der Waals surface area contributed by atoms with Crippen LogP contribution in [0.15, 0.2) is 0 Å². The zero-order chi connectivity index (χ0) is 8.74. The molecule has 0 N–H and O–H groups in total. The highest BCUT2D eigenvalue weighted by Gasteiger charge is 2.12. The van der Waals surface area contributed by atoms with Gasteiger partial charge in [0, 0.05) is 6.61 Å². The molecule has 0 unspecified atom stereocenters. The van der Waals surface area contributed by atoms with E-state index in [1.807, 2.05) is 0 Å². The van der Waals surface area contributed by atoms with Crippen molar-refractivity contribution in [2.45, 2.75) is 38.9 Å². The van der Waals surface area contributed by atoms with Gasteiger partial charge in [-0.1, -0.05) is 0 Å². The van der Waals surface area contributed by atoms with Gasteiger partial charge in [0.25, 0.3) is 0 Å². The van der Waals surface area contributed by atoms with Crippen LogP contribution in [-0.2, 0) is 9.53 Å². The first-order valence-electron chi connectivity index (χ1n) is 4.28. The standard InChI is InChI=1S/C8H19O2Si/c1-11(2,3)10-8-6-4-5-7-9/h4-8H2,1-3H3. The molecule has 0 aromatic carbocycles. The molecule has 0 aliphatic carbocycles. The zero-order valence-corrected chi connectivity index (χ0v) is 8.85. The fourth-order valence-electron chi connectivity index (χ4n) is 0.759. The lowest BCUT2D eigenvalue weighted by atomic mass is 10.2. The predicted molar refractivity (Wildman–Crippen MR) is 48.7 cm³/mol. The Kier molecular flexibility index (Phi) is 5.82. The number of hydrogen-bond acceptors (Lipinski definition) is 1. The summed E-state index contributed by atoms with van der Waals surface area (Å²) in [5.41, 5.74) is 0. The van der Waals surface area contributed by atoms with Crippen LogP contribution in [0.25, 0.3) is 0 Å². The van der Waals surface area contributed by atoms with E-state index in [4.69, 9.17) is 4.43 Å². The van der Waals surface area contributed by atoms with Crippen molar-refractivity contribution in [3.05, 3.63) is 0 Å². The number of unbranched alkanes of at least 4 members (excludes halogenated alkanes) is 2. The summed E-state index contributed by atoms with van der Waals surface area (Å²) >= 11 is 0. The van der Waals surface area contributed by atoms with Crippen LogP contribution in [0.1, 0.15) is 19.3 Å². The van der Waals surface area contributed by atoms with E-state index >= 15 is 0 Å². The molecular weight excluding hydrogens is 156 g/mol. The van der Waals surface area contributed by atoms with Gasteiger partial charge in [-0.2, -0.15) is 0 Å². The number of hydrogen-bond donors (Lipinski definition) is 0. The predicted octanol–water partition coefficient (Wildman–Crippen LogP) is 2.44. The third kappa shape index (κ3) is 10.1. The lowest BCUT2D eigenvalue weighted by Crippen LogP contribution is -2.25. The van der Waals surface area contributed by atoms with Gasteiger partial charge in [-0.25, -0.2) is 5.11 Å². The zero-order valence-electron chi connectivity index (χ0n) is 7.85. The molecule has 0 amide bonds. The molecule has 0 fully saturated rings. The summed E-state index contributed by atoms with van der Waals surface area (Å²) in [5, 5.41) is 10.1. The van der Waals surface area contributed by atoms with Crippen molar-refractivity contribution in [3.8, 4) is 0 Å². The molecule has 0 aliphatic rings. The van der Waals surface area contributed by atoms with E-state index in [-0.39, 0.29) is 6.61 Å². The molecule has 0 saturated heterocycles. The summed E-state index contributed by atoms with van der Waals surface area (Å²) in [6, 6.07) is 0. The first kappa shape index (κ1) is 11.1. The molecule has 0 atom stereocenters. The van der Waals surface area contributed by atoms with Gasteiger partial charge < -0.3 is 4.43 Å². The van der Waals surface area contributed by atoms with E-state index in [2.05, 4.69) is 19.6 Å². The van der Waals surface area contributed by atoms with Crippen molar-refractivity contribution in [2.75, 3.05) is 13.2 Å². The van der Waals surface area contributed by atoms with E-state index in [0.29, 0.717) is 0 Å². The minimum absolute atomic E-state index is 0.0624. The fraction of sp³-hybridized carbons (Fsp3) is 1.00. The van der Waals surface area contributed by atoms with Crippen molar-refractivity contribution >= 4 is 8.32 Å². The summed E-state index contributed by atoms with van der Waals surface area (Å²) in [6.45, 7) is 7.45. The van der Waals surface area contributed by atoms with Crippen LogP contribution in [0.2, 0.25) is 19.6 Å².